The molecule has 1 fully saturated rings. The van der Waals surface area contributed by atoms with Crippen molar-refractivity contribution in [2.45, 2.75) is 59.5 Å². The van der Waals surface area contributed by atoms with Crippen molar-refractivity contribution in [3.05, 3.63) is 23.0 Å². The van der Waals surface area contributed by atoms with Crippen LogP contribution in [0.1, 0.15) is 55.4 Å². The third-order valence-corrected chi connectivity index (χ3v) is 5.26. The van der Waals surface area contributed by atoms with Crippen LogP contribution in [-0.4, -0.2) is 53.0 Å². The largest absolute Gasteiger partial charge is 0.383 e. The maximum Gasteiger partial charge on any atom is 0.325 e. The zero-order valence-corrected chi connectivity index (χ0v) is 17.2. The molecule has 7 heteroatoms. The molecule has 2 heterocycles. The first-order valence-electron chi connectivity index (χ1n) is 9.43. The summed E-state index contributed by atoms with van der Waals surface area (Å²) in [7, 11) is 1.63. The number of nitrogens with zero attached hydrogens (tertiary/aromatic N) is 2. The topological polar surface area (TPSA) is 80.6 Å². The van der Waals surface area contributed by atoms with Gasteiger partial charge in [0.1, 0.15) is 5.54 Å². The molecule has 1 aromatic heterocycles. The fourth-order valence-corrected chi connectivity index (χ4v) is 3.48. The van der Waals surface area contributed by atoms with E-state index < -0.39 is 11.6 Å². The lowest BCUT2D eigenvalue weighted by atomic mass is 9.92. The van der Waals surface area contributed by atoms with Crippen LogP contribution in [0.3, 0.4) is 0 Å². The average Bonchev–Trinajstić information content (AvgIpc) is 2.99. The normalized spacial score (nSPS) is 19.9. The number of carbonyl (C=O) groups excluding carboxylic acids is 3. The molecule has 0 aromatic carbocycles. The van der Waals surface area contributed by atoms with Crippen molar-refractivity contribution in [2.75, 3.05) is 20.3 Å². The van der Waals surface area contributed by atoms with Crippen LogP contribution in [0.5, 0.6) is 0 Å². The van der Waals surface area contributed by atoms with E-state index in [1.54, 1.807) is 14.0 Å². The molecule has 3 amide bonds. The highest BCUT2D eigenvalue weighted by Crippen LogP contribution is 2.25. The van der Waals surface area contributed by atoms with Crippen LogP contribution in [0, 0.1) is 19.8 Å². The monoisotopic (exact) mass is 377 g/mol. The number of ketones is 1. The maximum absolute atomic E-state index is 12.8. The van der Waals surface area contributed by atoms with Gasteiger partial charge in [0, 0.05) is 30.6 Å². The first kappa shape index (κ1) is 21.2. The van der Waals surface area contributed by atoms with Crippen molar-refractivity contribution in [1.29, 1.82) is 0 Å². The minimum Gasteiger partial charge on any atom is -0.383 e. The smallest absolute Gasteiger partial charge is 0.325 e. The Bertz CT molecular complexity index is 738. The number of carbonyl (C=O) groups is 3. The molecule has 0 bridgehead atoms. The number of nitrogens with one attached hydrogen (secondary N) is 1. The van der Waals surface area contributed by atoms with Gasteiger partial charge in [-0.25, -0.2) is 4.79 Å². The molecule has 0 radical (unpaired) electrons. The summed E-state index contributed by atoms with van der Waals surface area (Å²) in [5, 5.41) is 2.76. The second kappa shape index (κ2) is 8.25. The third kappa shape index (κ3) is 4.40. The molecule has 1 saturated heterocycles. The molecule has 27 heavy (non-hydrogen) atoms. The van der Waals surface area contributed by atoms with E-state index >= 15 is 0 Å². The van der Waals surface area contributed by atoms with Crippen LogP contribution < -0.4 is 5.32 Å². The lowest BCUT2D eigenvalue weighted by Crippen LogP contribution is -2.44. The molecule has 0 aliphatic carbocycles. The Balaban J connectivity index is 2.14. The first-order valence-corrected chi connectivity index (χ1v) is 9.43. The number of Topliss-reactive ketones (excluding diaryl/α,β-unsaturated/α-hetero) is 1. The molecule has 2 rings (SSSR count). The van der Waals surface area contributed by atoms with Gasteiger partial charge in [-0.1, -0.05) is 13.8 Å². The summed E-state index contributed by atoms with van der Waals surface area (Å²) in [6.07, 6.45) is 1.39. The average molecular weight is 377 g/mol. The molecule has 1 unspecified atom stereocenters. The van der Waals surface area contributed by atoms with E-state index in [1.165, 1.54) is 0 Å². The van der Waals surface area contributed by atoms with E-state index in [-0.39, 0.29) is 18.2 Å². The van der Waals surface area contributed by atoms with E-state index in [1.807, 2.05) is 24.5 Å². The summed E-state index contributed by atoms with van der Waals surface area (Å²) in [5.74, 6) is -0.127. The van der Waals surface area contributed by atoms with E-state index in [2.05, 4.69) is 19.2 Å². The number of ether oxygens (including phenoxy) is 1. The first-order chi connectivity index (χ1) is 12.6. The molecule has 1 aliphatic heterocycles. The zero-order chi connectivity index (χ0) is 20.4. The van der Waals surface area contributed by atoms with Gasteiger partial charge in [0.25, 0.3) is 5.91 Å². The second-order valence-corrected chi connectivity index (χ2v) is 7.94. The molecule has 1 atom stereocenters. The number of amides is 3. The Hall–Kier alpha value is -2.15. The quantitative estimate of drug-likeness (QED) is 0.530. The van der Waals surface area contributed by atoms with Crippen LogP contribution in [-0.2, 0) is 16.1 Å². The Morgan fingerprint density at radius 3 is 2.56 bits per heavy atom. The highest BCUT2D eigenvalue weighted by molar-refractivity contribution is 6.11. The van der Waals surface area contributed by atoms with Crippen molar-refractivity contribution < 1.29 is 19.1 Å². The van der Waals surface area contributed by atoms with Crippen molar-refractivity contribution >= 4 is 17.7 Å². The number of rotatable bonds is 9. The third-order valence-electron chi connectivity index (χ3n) is 5.26. The van der Waals surface area contributed by atoms with Gasteiger partial charge in [0.2, 0.25) is 0 Å². The van der Waals surface area contributed by atoms with Crippen LogP contribution >= 0.6 is 0 Å². The maximum atomic E-state index is 12.8. The molecule has 0 saturated carbocycles. The fraction of sp³-hybridized carbons (Fsp3) is 0.650. The van der Waals surface area contributed by atoms with E-state index in [9.17, 15) is 14.4 Å². The Labute approximate surface area is 161 Å². The summed E-state index contributed by atoms with van der Waals surface area (Å²) in [5.41, 5.74) is 1.38. The van der Waals surface area contributed by atoms with Gasteiger partial charge in [-0.05, 0) is 45.6 Å². The number of imide groups is 1. The highest BCUT2D eigenvalue weighted by Gasteiger charge is 2.48. The standard InChI is InChI=1S/C20H31N3O4/c1-13(2)7-8-20(5)18(25)23(19(26)21-20)12-17(24)16-11-14(3)22(15(16)4)9-10-27-6/h11,13H,7-10,12H2,1-6H3,(H,21,26). The minimum atomic E-state index is -0.934. The predicted molar refractivity (Wildman–Crippen MR) is 103 cm³/mol. The number of aryl methyl sites for hydroxylation is 1. The van der Waals surface area contributed by atoms with Gasteiger partial charge in [-0.2, -0.15) is 0 Å². The number of aromatic nitrogens is 1. The summed E-state index contributed by atoms with van der Waals surface area (Å²) < 4.78 is 7.12. The van der Waals surface area contributed by atoms with Gasteiger partial charge in [-0.3, -0.25) is 14.5 Å². The van der Waals surface area contributed by atoms with Crippen molar-refractivity contribution in [3.63, 3.8) is 0 Å². The molecular weight excluding hydrogens is 346 g/mol. The Morgan fingerprint density at radius 2 is 1.96 bits per heavy atom. The molecule has 0 spiro atoms. The lowest BCUT2D eigenvalue weighted by molar-refractivity contribution is -0.130. The molecular formula is C20H31N3O4. The fourth-order valence-electron chi connectivity index (χ4n) is 3.48. The number of hydrogen-bond acceptors (Lipinski definition) is 4. The van der Waals surface area contributed by atoms with Crippen LogP contribution in [0.25, 0.3) is 0 Å². The molecule has 1 aromatic rings. The van der Waals surface area contributed by atoms with Gasteiger partial charge < -0.3 is 14.6 Å². The van der Waals surface area contributed by atoms with Gasteiger partial charge >= 0.3 is 6.03 Å². The van der Waals surface area contributed by atoms with E-state index in [0.29, 0.717) is 31.1 Å². The Kier molecular flexibility index (Phi) is 6.46. The summed E-state index contributed by atoms with van der Waals surface area (Å²) in [6.45, 7) is 10.6. The lowest BCUT2D eigenvalue weighted by Gasteiger charge is -2.22. The SMILES string of the molecule is COCCn1c(C)cc(C(=O)CN2C(=O)NC(C)(CCC(C)C)C2=O)c1C. The van der Waals surface area contributed by atoms with Crippen molar-refractivity contribution in [3.8, 4) is 0 Å². The number of methoxy groups -OCH3 is 1. The molecule has 1 aliphatic rings. The molecule has 150 valence electrons. The minimum absolute atomic E-state index is 0.233. The zero-order valence-electron chi connectivity index (χ0n) is 17.2. The molecule has 7 nitrogen and oxygen atoms in total. The van der Waals surface area contributed by atoms with Gasteiger partial charge in [0.05, 0.1) is 13.2 Å². The molecule has 1 N–H and O–H groups in total. The van der Waals surface area contributed by atoms with Crippen LogP contribution in [0.15, 0.2) is 6.07 Å². The Morgan fingerprint density at radius 1 is 1.30 bits per heavy atom. The van der Waals surface area contributed by atoms with Crippen molar-refractivity contribution in [1.82, 2.24) is 14.8 Å². The van der Waals surface area contributed by atoms with Crippen molar-refractivity contribution in [2.24, 2.45) is 5.92 Å². The van der Waals surface area contributed by atoms with E-state index in [0.717, 1.165) is 22.7 Å². The van der Waals surface area contributed by atoms with E-state index in [4.69, 9.17) is 4.74 Å². The number of hydrogen-bond donors (Lipinski definition) is 1. The van der Waals surface area contributed by atoms with Gasteiger partial charge in [0.15, 0.2) is 5.78 Å². The highest BCUT2D eigenvalue weighted by atomic mass is 16.5. The summed E-state index contributed by atoms with van der Waals surface area (Å²) in [4.78, 5) is 39.0. The number of urea groups is 1. The summed E-state index contributed by atoms with van der Waals surface area (Å²) in [6, 6.07) is 1.32. The second-order valence-electron chi connectivity index (χ2n) is 7.94. The van der Waals surface area contributed by atoms with Crippen LogP contribution in [0.2, 0.25) is 0 Å². The van der Waals surface area contributed by atoms with Crippen LogP contribution in [0.4, 0.5) is 4.79 Å². The summed E-state index contributed by atoms with van der Waals surface area (Å²) >= 11 is 0. The van der Waals surface area contributed by atoms with Gasteiger partial charge in [-0.15, -0.1) is 0 Å². The predicted octanol–water partition coefficient (Wildman–Crippen LogP) is 2.68.